The van der Waals surface area contributed by atoms with E-state index in [9.17, 15) is 9.59 Å². The lowest BCUT2D eigenvalue weighted by Crippen LogP contribution is -2.51. The minimum Gasteiger partial charge on any atom is -0.494 e. The summed E-state index contributed by atoms with van der Waals surface area (Å²) in [4.78, 5) is 33.4. The number of amides is 2. The number of carbonyl (C=O) groups excluding carboxylic acids is 2. The minimum atomic E-state index is -0.0368. The van der Waals surface area contributed by atoms with Crippen LogP contribution < -0.4 is 14.8 Å². The number of benzene rings is 1. The van der Waals surface area contributed by atoms with Gasteiger partial charge in [-0.2, -0.15) is 0 Å². The Bertz CT molecular complexity index is 1000. The lowest BCUT2D eigenvalue weighted by Gasteiger charge is -2.34. The Balaban J connectivity index is 1.24. The zero-order valence-electron chi connectivity index (χ0n) is 19.6. The lowest BCUT2D eigenvalue weighted by molar-refractivity contribution is -0.132. The number of hydrogen-bond acceptors (Lipinski definition) is 7. The maximum Gasteiger partial charge on any atom is 0.234 e. The van der Waals surface area contributed by atoms with Crippen LogP contribution in [0.1, 0.15) is 35.7 Å². The van der Waals surface area contributed by atoms with E-state index in [0.29, 0.717) is 52.3 Å². The van der Waals surface area contributed by atoms with Crippen molar-refractivity contribution in [3.8, 4) is 11.5 Å². The summed E-state index contributed by atoms with van der Waals surface area (Å²) in [5.74, 6) is 1.75. The van der Waals surface area contributed by atoms with Gasteiger partial charge >= 0.3 is 0 Å². The standard InChI is InChI=1S/C24H32N4O4S/c1-4-31-20-10-18-9-17(3)32-21(18)11-19(20)13-25-22(29)14-27-5-7-28(8-6-27)24(30)12-23-26-16(2)15-33-23/h10-11,15,17H,4-9,12-14H2,1-3H3,(H,25,29)/t17-/m1/s1. The molecule has 4 rings (SSSR count). The third-order valence-electron chi connectivity index (χ3n) is 5.92. The number of aromatic nitrogens is 1. The summed E-state index contributed by atoms with van der Waals surface area (Å²) in [7, 11) is 0. The number of fused-ring (bicyclic) bond motifs is 1. The molecule has 0 bridgehead atoms. The highest BCUT2D eigenvalue weighted by Crippen LogP contribution is 2.35. The Kier molecular flexibility index (Phi) is 7.49. The van der Waals surface area contributed by atoms with Crippen molar-refractivity contribution in [1.82, 2.24) is 20.1 Å². The van der Waals surface area contributed by atoms with Crippen molar-refractivity contribution in [3.63, 3.8) is 0 Å². The van der Waals surface area contributed by atoms with Gasteiger partial charge in [0.05, 0.1) is 19.6 Å². The van der Waals surface area contributed by atoms with Gasteiger partial charge in [-0.1, -0.05) is 0 Å². The van der Waals surface area contributed by atoms with Crippen molar-refractivity contribution in [2.75, 3.05) is 39.3 Å². The van der Waals surface area contributed by atoms with Crippen LogP contribution in [-0.4, -0.2) is 72.0 Å². The van der Waals surface area contributed by atoms with E-state index in [1.54, 1.807) is 0 Å². The van der Waals surface area contributed by atoms with E-state index in [-0.39, 0.29) is 17.9 Å². The molecule has 0 unspecified atom stereocenters. The van der Waals surface area contributed by atoms with E-state index in [1.807, 2.05) is 36.3 Å². The lowest BCUT2D eigenvalue weighted by atomic mass is 10.1. The Morgan fingerprint density at radius 1 is 1.27 bits per heavy atom. The molecule has 0 radical (unpaired) electrons. The molecule has 1 aromatic carbocycles. The maximum absolute atomic E-state index is 12.6. The van der Waals surface area contributed by atoms with Gasteiger partial charge in [-0.3, -0.25) is 14.5 Å². The summed E-state index contributed by atoms with van der Waals surface area (Å²) in [6.45, 7) is 9.85. The summed E-state index contributed by atoms with van der Waals surface area (Å²) in [6, 6.07) is 4.02. The van der Waals surface area contributed by atoms with Gasteiger partial charge in [0.15, 0.2) is 0 Å². The van der Waals surface area contributed by atoms with Crippen LogP contribution in [0.3, 0.4) is 0 Å². The average molecular weight is 473 g/mol. The molecule has 33 heavy (non-hydrogen) atoms. The first-order valence-corrected chi connectivity index (χ1v) is 12.4. The monoisotopic (exact) mass is 472 g/mol. The molecule has 1 atom stereocenters. The molecule has 9 heteroatoms. The highest BCUT2D eigenvalue weighted by molar-refractivity contribution is 7.09. The summed E-state index contributed by atoms with van der Waals surface area (Å²) in [5.41, 5.74) is 3.03. The maximum atomic E-state index is 12.6. The number of rotatable bonds is 8. The second-order valence-electron chi connectivity index (χ2n) is 8.63. The fourth-order valence-electron chi connectivity index (χ4n) is 4.24. The van der Waals surface area contributed by atoms with Gasteiger partial charge in [0, 0.05) is 61.3 Å². The van der Waals surface area contributed by atoms with Crippen molar-refractivity contribution in [1.29, 1.82) is 0 Å². The van der Waals surface area contributed by atoms with Crippen LogP contribution in [0.2, 0.25) is 0 Å². The molecule has 2 aliphatic rings. The van der Waals surface area contributed by atoms with Gasteiger partial charge in [0.2, 0.25) is 11.8 Å². The minimum absolute atomic E-state index is 0.0368. The molecule has 1 N–H and O–H groups in total. The fraction of sp³-hybridized carbons (Fsp3) is 0.542. The summed E-state index contributed by atoms with van der Waals surface area (Å²) >= 11 is 1.53. The second kappa shape index (κ2) is 10.5. The predicted molar refractivity (Wildman–Crippen MR) is 127 cm³/mol. The predicted octanol–water partition coefficient (Wildman–Crippen LogP) is 2.18. The number of piperazine rings is 1. The molecule has 2 amide bonds. The van der Waals surface area contributed by atoms with Gasteiger partial charge in [0.1, 0.15) is 22.6 Å². The van der Waals surface area contributed by atoms with Crippen molar-refractivity contribution in [2.24, 2.45) is 0 Å². The Morgan fingerprint density at radius 3 is 2.76 bits per heavy atom. The zero-order chi connectivity index (χ0) is 23.4. The number of hydrogen-bond donors (Lipinski definition) is 1. The summed E-state index contributed by atoms with van der Waals surface area (Å²) in [5, 5.41) is 5.84. The largest absolute Gasteiger partial charge is 0.494 e. The first kappa shape index (κ1) is 23.5. The third kappa shape index (κ3) is 6.03. The molecule has 8 nitrogen and oxygen atoms in total. The fourth-order valence-corrected chi connectivity index (χ4v) is 5.01. The van der Waals surface area contributed by atoms with E-state index in [4.69, 9.17) is 9.47 Å². The SMILES string of the molecule is CCOc1cc2c(cc1CNC(=O)CN1CCN(C(=O)Cc3nc(C)cs3)CC1)O[C@H](C)C2. The second-order valence-corrected chi connectivity index (χ2v) is 9.57. The third-order valence-corrected chi connectivity index (χ3v) is 6.88. The molecule has 2 aliphatic heterocycles. The molecule has 1 saturated heterocycles. The van der Waals surface area contributed by atoms with E-state index in [1.165, 1.54) is 11.3 Å². The van der Waals surface area contributed by atoms with Gasteiger partial charge in [-0.15, -0.1) is 11.3 Å². The van der Waals surface area contributed by atoms with Crippen LogP contribution in [0.25, 0.3) is 0 Å². The highest BCUT2D eigenvalue weighted by atomic mass is 32.1. The van der Waals surface area contributed by atoms with E-state index in [0.717, 1.165) is 39.7 Å². The number of nitrogens with zero attached hydrogens (tertiary/aromatic N) is 3. The molecule has 178 valence electrons. The first-order valence-electron chi connectivity index (χ1n) is 11.5. The van der Waals surface area contributed by atoms with Gasteiger partial charge in [-0.05, 0) is 32.9 Å². The molecule has 1 aromatic heterocycles. The van der Waals surface area contributed by atoms with Crippen LogP contribution in [-0.2, 0) is 29.0 Å². The summed E-state index contributed by atoms with van der Waals surface area (Å²) in [6.07, 6.45) is 1.39. The van der Waals surface area contributed by atoms with Crippen LogP contribution in [0.15, 0.2) is 17.5 Å². The van der Waals surface area contributed by atoms with Gasteiger partial charge in [0.25, 0.3) is 0 Å². The summed E-state index contributed by atoms with van der Waals surface area (Å²) < 4.78 is 11.7. The number of aryl methyl sites for hydroxylation is 1. The molecular weight excluding hydrogens is 440 g/mol. The van der Waals surface area contributed by atoms with E-state index in [2.05, 4.69) is 22.1 Å². The number of nitrogens with one attached hydrogen (secondary N) is 1. The molecule has 2 aromatic rings. The molecule has 0 saturated carbocycles. The van der Waals surface area contributed by atoms with E-state index >= 15 is 0 Å². The molecule has 1 fully saturated rings. The highest BCUT2D eigenvalue weighted by Gasteiger charge is 2.24. The average Bonchev–Trinajstić information content (AvgIpc) is 3.36. The van der Waals surface area contributed by atoms with Crippen molar-refractivity contribution in [3.05, 3.63) is 39.3 Å². The number of carbonyl (C=O) groups is 2. The Labute approximate surface area is 198 Å². The van der Waals surface area contributed by atoms with Crippen molar-refractivity contribution >= 4 is 23.2 Å². The smallest absolute Gasteiger partial charge is 0.234 e. The van der Waals surface area contributed by atoms with Crippen LogP contribution in [0.5, 0.6) is 11.5 Å². The van der Waals surface area contributed by atoms with Crippen LogP contribution >= 0.6 is 11.3 Å². The number of thiazole rings is 1. The van der Waals surface area contributed by atoms with Gasteiger partial charge < -0.3 is 19.7 Å². The topological polar surface area (TPSA) is 84.0 Å². The van der Waals surface area contributed by atoms with Crippen molar-refractivity contribution < 1.29 is 19.1 Å². The Morgan fingerprint density at radius 2 is 2.06 bits per heavy atom. The quantitative estimate of drug-likeness (QED) is 0.634. The molecule has 0 spiro atoms. The number of ether oxygens (including phenoxy) is 2. The normalized spacial score (nSPS) is 18.0. The zero-order valence-corrected chi connectivity index (χ0v) is 20.4. The first-order chi connectivity index (χ1) is 15.9. The van der Waals surface area contributed by atoms with Crippen molar-refractivity contribution in [2.45, 2.75) is 46.3 Å². The molecule has 0 aliphatic carbocycles. The van der Waals surface area contributed by atoms with Gasteiger partial charge in [-0.25, -0.2) is 4.98 Å². The van der Waals surface area contributed by atoms with Crippen LogP contribution in [0.4, 0.5) is 0 Å². The Hall–Kier alpha value is -2.65. The molecular formula is C24H32N4O4S. The van der Waals surface area contributed by atoms with E-state index < -0.39 is 0 Å². The molecule has 3 heterocycles. The van der Waals surface area contributed by atoms with Crippen LogP contribution in [0, 0.1) is 6.92 Å².